The molecule has 3 aromatic heterocycles. The molecule has 2 aromatic carbocycles. The fourth-order valence-electron chi connectivity index (χ4n) is 4.33. The number of amides is 1. The highest BCUT2D eigenvalue weighted by Gasteiger charge is 2.23. The Labute approximate surface area is 226 Å². The van der Waals surface area contributed by atoms with Crippen molar-refractivity contribution in [3.8, 4) is 5.69 Å². The van der Waals surface area contributed by atoms with Gasteiger partial charge in [0.25, 0.3) is 11.5 Å². The van der Waals surface area contributed by atoms with Gasteiger partial charge in [0.1, 0.15) is 11.3 Å². The van der Waals surface area contributed by atoms with Crippen LogP contribution in [-0.4, -0.2) is 30.9 Å². The second-order valence-corrected chi connectivity index (χ2v) is 10.2. The number of hydrogen-bond donors (Lipinski definition) is 2. The molecule has 4 N–H and O–H groups in total. The van der Waals surface area contributed by atoms with Gasteiger partial charge < -0.3 is 11.5 Å². The maximum Gasteiger partial charge on any atom is 0.263 e. The van der Waals surface area contributed by atoms with Crippen molar-refractivity contribution in [2.75, 3.05) is 5.73 Å². The normalized spacial score (nSPS) is 11.3. The Morgan fingerprint density at radius 2 is 1.72 bits per heavy atom. The van der Waals surface area contributed by atoms with Gasteiger partial charge in [-0.25, -0.2) is 9.50 Å². The molecule has 0 saturated carbocycles. The Balaban J connectivity index is 0.000000226. The molecular formula is C30H32N6O3. The van der Waals surface area contributed by atoms with Crippen LogP contribution in [-0.2, 0) is 17.6 Å². The number of aromatic nitrogens is 4. The predicted octanol–water partition coefficient (Wildman–Crippen LogP) is 4.12. The number of para-hydroxylation sites is 1. The highest BCUT2D eigenvalue weighted by Crippen LogP contribution is 2.24. The summed E-state index contributed by atoms with van der Waals surface area (Å²) in [6.45, 7) is 7.79. The third-order valence-corrected chi connectivity index (χ3v) is 6.44. The van der Waals surface area contributed by atoms with Crippen molar-refractivity contribution in [2.24, 2.45) is 11.1 Å². The number of aryl methyl sites for hydroxylation is 1. The number of hydrogen-bond acceptors (Lipinski definition) is 6. The zero-order chi connectivity index (χ0) is 28.3. The molecule has 0 spiro atoms. The van der Waals surface area contributed by atoms with E-state index in [0.717, 1.165) is 28.8 Å². The van der Waals surface area contributed by atoms with Crippen molar-refractivity contribution < 1.29 is 9.59 Å². The van der Waals surface area contributed by atoms with Crippen molar-refractivity contribution >= 4 is 33.9 Å². The summed E-state index contributed by atoms with van der Waals surface area (Å²) in [7, 11) is 0. The smallest absolute Gasteiger partial charge is 0.263 e. The van der Waals surface area contributed by atoms with Crippen LogP contribution in [0, 0.1) is 5.41 Å². The summed E-state index contributed by atoms with van der Waals surface area (Å²) in [6, 6.07) is 19.2. The third kappa shape index (κ3) is 5.57. The maximum atomic E-state index is 13.4. The van der Waals surface area contributed by atoms with Gasteiger partial charge in [-0.3, -0.25) is 19.0 Å². The zero-order valence-corrected chi connectivity index (χ0v) is 22.5. The van der Waals surface area contributed by atoms with Crippen LogP contribution >= 0.6 is 0 Å². The lowest BCUT2D eigenvalue weighted by Gasteiger charge is -2.18. The van der Waals surface area contributed by atoms with Gasteiger partial charge in [0.2, 0.25) is 0 Å². The minimum atomic E-state index is -0.619. The zero-order valence-electron chi connectivity index (χ0n) is 22.5. The highest BCUT2D eigenvalue weighted by molar-refractivity contribution is 6.03. The minimum absolute atomic E-state index is 0.0529. The number of primary amides is 1. The molecule has 0 atom stereocenters. The standard InChI is InChI=1S/C23H25NO2.C7H7N5O/c1-5-18-14-16-10-9-11-17(15-20(25)23(2,3)4)21(16)22(26)24(18)19-12-7-6-8-13-19;8-5-4(6(9)13)7-10-2-1-3-12(7)11-5/h6-14H,5,15H2,1-4H3;1-3H,(H2,8,11)(H2,9,13). The molecule has 0 unspecified atom stereocenters. The number of nitrogens with two attached hydrogens (primary N) is 2. The lowest BCUT2D eigenvalue weighted by Crippen LogP contribution is -2.25. The van der Waals surface area contributed by atoms with E-state index in [1.807, 2.05) is 76.2 Å². The van der Waals surface area contributed by atoms with Crippen LogP contribution in [0.4, 0.5) is 5.82 Å². The third-order valence-electron chi connectivity index (χ3n) is 6.44. The van der Waals surface area contributed by atoms with Crippen LogP contribution in [0.2, 0.25) is 0 Å². The van der Waals surface area contributed by atoms with Gasteiger partial charge in [-0.2, -0.15) is 0 Å². The van der Waals surface area contributed by atoms with E-state index in [1.54, 1.807) is 23.0 Å². The van der Waals surface area contributed by atoms with Crippen LogP contribution in [0.1, 0.15) is 49.3 Å². The summed E-state index contributed by atoms with van der Waals surface area (Å²) < 4.78 is 3.18. The van der Waals surface area contributed by atoms with E-state index in [0.29, 0.717) is 11.0 Å². The molecule has 3 heterocycles. The van der Waals surface area contributed by atoms with Crippen molar-refractivity contribution in [1.29, 1.82) is 0 Å². The molecule has 0 aliphatic rings. The van der Waals surface area contributed by atoms with Crippen molar-refractivity contribution in [3.05, 3.63) is 100 Å². The van der Waals surface area contributed by atoms with E-state index in [1.165, 1.54) is 4.52 Å². The molecular weight excluding hydrogens is 492 g/mol. The molecule has 39 heavy (non-hydrogen) atoms. The fraction of sp³-hybridized carbons (Fsp3) is 0.233. The van der Waals surface area contributed by atoms with Crippen LogP contribution in [0.3, 0.4) is 0 Å². The van der Waals surface area contributed by atoms with Gasteiger partial charge in [0, 0.05) is 35.6 Å². The first-order valence-corrected chi connectivity index (χ1v) is 12.7. The molecule has 0 aliphatic heterocycles. The lowest BCUT2D eigenvalue weighted by atomic mass is 9.86. The van der Waals surface area contributed by atoms with Crippen LogP contribution < -0.4 is 17.0 Å². The van der Waals surface area contributed by atoms with Gasteiger partial charge in [0.05, 0.1) is 5.39 Å². The number of benzene rings is 2. The number of pyridine rings is 1. The second-order valence-electron chi connectivity index (χ2n) is 10.2. The average Bonchev–Trinajstić information content (AvgIpc) is 3.24. The predicted molar refractivity (Wildman–Crippen MR) is 153 cm³/mol. The van der Waals surface area contributed by atoms with Gasteiger partial charge in [-0.05, 0) is 41.6 Å². The maximum absolute atomic E-state index is 13.4. The molecule has 0 bridgehead atoms. The quantitative estimate of drug-likeness (QED) is 0.355. The van der Waals surface area contributed by atoms with Crippen molar-refractivity contribution in [2.45, 2.75) is 40.5 Å². The van der Waals surface area contributed by atoms with Gasteiger partial charge in [-0.15, -0.1) is 5.10 Å². The van der Waals surface area contributed by atoms with E-state index < -0.39 is 11.3 Å². The van der Waals surface area contributed by atoms with E-state index in [2.05, 4.69) is 16.1 Å². The number of ketones is 1. The summed E-state index contributed by atoms with van der Waals surface area (Å²) in [6.07, 6.45) is 4.22. The van der Waals surface area contributed by atoms with E-state index >= 15 is 0 Å². The first-order chi connectivity index (χ1) is 18.5. The molecule has 0 radical (unpaired) electrons. The number of anilines is 1. The Kier molecular flexibility index (Phi) is 7.62. The molecule has 5 aromatic rings. The van der Waals surface area contributed by atoms with E-state index in [-0.39, 0.29) is 29.1 Å². The van der Waals surface area contributed by atoms with Gasteiger partial charge in [0.15, 0.2) is 11.5 Å². The van der Waals surface area contributed by atoms with Crippen LogP contribution in [0.15, 0.2) is 77.9 Å². The first-order valence-electron chi connectivity index (χ1n) is 12.7. The molecule has 9 nitrogen and oxygen atoms in total. The fourth-order valence-corrected chi connectivity index (χ4v) is 4.33. The molecule has 1 amide bonds. The van der Waals surface area contributed by atoms with Crippen molar-refractivity contribution in [1.82, 2.24) is 19.2 Å². The number of nitrogens with zero attached hydrogens (tertiary/aromatic N) is 4. The SMILES string of the molecule is CCc1cc2cccc(CC(=O)C(C)(C)C)c2c(=O)n1-c1ccccc1.NC(=O)c1c(N)nn2cccnc12. The summed E-state index contributed by atoms with van der Waals surface area (Å²) >= 11 is 0. The Hall–Kier alpha value is -4.79. The molecule has 200 valence electrons. The summed E-state index contributed by atoms with van der Waals surface area (Å²) in [5, 5.41) is 5.41. The lowest BCUT2D eigenvalue weighted by molar-refractivity contribution is -0.125. The Morgan fingerprint density at radius 1 is 1.00 bits per heavy atom. The Morgan fingerprint density at radius 3 is 2.36 bits per heavy atom. The van der Waals surface area contributed by atoms with Crippen LogP contribution in [0.25, 0.3) is 22.1 Å². The molecule has 0 fully saturated rings. The number of carbonyl (C=O) groups is 2. The van der Waals surface area contributed by atoms with Gasteiger partial charge >= 0.3 is 0 Å². The molecule has 5 rings (SSSR count). The largest absolute Gasteiger partial charge is 0.381 e. The summed E-state index contributed by atoms with van der Waals surface area (Å²) in [4.78, 5) is 40.9. The van der Waals surface area contributed by atoms with Crippen molar-refractivity contribution in [3.63, 3.8) is 0 Å². The number of Topliss-reactive ketones (excluding diaryl/α,β-unsaturated/α-hetero) is 1. The topological polar surface area (TPSA) is 138 Å². The monoisotopic (exact) mass is 524 g/mol. The average molecular weight is 525 g/mol. The molecule has 0 saturated heterocycles. The minimum Gasteiger partial charge on any atom is -0.381 e. The van der Waals surface area contributed by atoms with Crippen LogP contribution in [0.5, 0.6) is 0 Å². The number of carbonyl (C=O) groups excluding carboxylic acids is 2. The number of rotatable bonds is 5. The number of fused-ring (bicyclic) bond motifs is 2. The number of nitrogen functional groups attached to an aromatic ring is 1. The first kappa shape index (κ1) is 27.3. The highest BCUT2D eigenvalue weighted by atomic mass is 16.1. The van der Waals surface area contributed by atoms with E-state index in [4.69, 9.17) is 11.5 Å². The molecule has 0 aliphatic carbocycles. The summed E-state index contributed by atoms with van der Waals surface area (Å²) in [5.41, 5.74) is 13.3. The Bertz CT molecular complexity index is 1730. The molecule has 9 heteroatoms. The summed E-state index contributed by atoms with van der Waals surface area (Å²) in [5.74, 6) is -0.382. The van der Waals surface area contributed by atoms with E-state index in [9.17, 15) is 14.4 Å². The van der Waals surface area contributed by atoms with Gasteiger partial charge in [-0.1, -0.05) is 64.1 Å². The second kappa shape index (κ2) is 10.9.